The molecule has 0 unspecified atom stereocenters. The van der Waals surface area contributed by atoms with Crippen molar-refractivity contribution in [3.05, 3.63) is 47.7 Å². The normalized spacial score (nSPS) is 11.8. The molecule has 0 spiro atoms. The Labute approximate surface area is 152 Å². The van der Waals surface area contributed by atoms with Crippen LogP contribution < -0.4 is 4.74 Å². The Hall–Kier alpha value is -2.89. The van der Waals surface area contributed by atoms with Crippen LogP contribution in [0.1, 0.15) is 30.9 Å². The van der Waals surface area contributed by atoms with Crippen molar-refractivity contribution in [3.8, 4) is 11.4 Å². The Morgan fingerprint density at radius 2 is 1.81 bits per heavy atom. The highest BCUT2D eigenvalue weighted by Gasteiger charge is 2.19. The zero-order chi connectivity index (χ0) is 18.4. The van der Waals surface area contributed by atoms with E-state index in [4.69, 9.17) is 14.7 Å². The van der Waals surface area contributed by atoms with Gasteiger partial charge >= 0.3 is 0 Å². The first-order valence-electron chi connectivity index (χ1n) is 8.86. The summed E-state index contributed by atoms with van der Waals surface area (Å²) in [5, 5.41) is 5.65. The fourth-order valence-electron chi connectivity index (χ4n) is 3.40. The van der Waals surface area contributed by atoms with Crippen molar-refractivity contribution >= 4 is 16.7 Å². The highest BCUT2D eigenvalue weighted by atomic mass is 16.5. The van der Waals surface area contributed by atoms with Crippen LogP contribution >= 0.6 is 0 Å². The first kappa shape index (κ1) is 16.6. The predicted octanol–water partition coefficient (Wildman–Crippen LogP) is 3.89. The van der Waals surface area contributed by atoms with Crippen molar-refractivity contribution in [2.24, 2.45) is 5.92 Å². The minimum absolute atomic E-state index is 0.516. The van der Waals surface area contributed by atoms with Crippen molar-refractivity contribution in [1.29, 1.82) is 0 Å². The lowest BCUT2D eigenvalue weighted by molar-refractivity contribution is 0.415. The molecule has 0 saturated carbocycles. The third-order valence-corrected chi connectivity index (χ3v) is 4.80. The minimum atomic E-state index is 0.516. The molecule has 6 heteroatoms. The van der Waals surface area contributed by atoms with Crippen molar-refractivity contribution in [2.75, 3.05) is 7.11 Å². The molecule has 4 rings (SSSR count). The summed E-state index contributed by atoms with van der Waals surface area (Å²) in [6.07, 6.45) is 2.62. The van der Waals surface area contributed by atoms with Crippen molar-refractivity contribution in [1.82, 2.24) is 24.1 Å². The highest BCUT2D eigenvalue weighted by Crippen LogP contribution is 2.30. The lowest BCUT2D eigenvalue weighted by Crippen LogP contribution is -1.99. The highest BCUT2D eigenvalue weighted by molar-refractivity contribution is 5.94. The molecule has 0 atom stereocenters. The van der Waals surface area contributed by atoms with E-state index in [1.807, 2.05) is 24.3 Å². The van der Waals surface area contributed by atoms with E-state index in [2.05, 4.69) is 37.4 Å². The number of methoxy groups -OCH3 is 1. The summed E-state index contributed by atoms with van der Waals surface area (Å²) >= 11 is 0. The van der Waals surface area contributed by atoms with Crippen molar-refractivity contribution in [2.45, 2.75) is 34.1 Å². The summed E-state index contributed by atoms with van der Waals surface area (Å²) in [6.45, 7) is 8.59. The van der Waals surface area contributed by atoms with Crippen LogP contribution in [0.2, 0.25) is 0 Å². The Balaban J connectivity index is 1.95. The standard InChI is InChI=1S/C20H23N5O/c1-12(2)10-17-22-20-18-13(3)14(4)25(19(18)21-11-24(20)23-17)15-6-8-16(26-5)9-7-15/h6-9,11-12H,10H2,1-5H3. The predicted molar refractivity (Wildman–Crippen MR) is 102 cm³/mol. The summed E-state index contributed by atoms with van der Waals surface area (Å²) in [7, 11) is 1.67. The van der Waals surface area contributed by atoms with Gasteiger partial charge < -0.3 is 4.74 Å². The average Bonchev–Trinajstić information content (AvgIpc) is 3.13. The van der Waals surface area contributed by atoms with Gasteiger partial charge in [-0.2, -0.15) is 0 Å². The largest absolute Gasteiger partial charge is 0.497 e. The van der Waals surface area contributed by atoms with Gasteiger partial charge in [-0.3, -0.25) is 4.57 Å². The van der Waals surface area contributed by atoms with Crippen molar-refractivity contribution < 1.29 is 4.74 Å². The van der Waals surface area contributed by atoms with E-state index < -0.39 is 0 Å². The molecule has 0 saturated heterocycles. The summed E-state index contributed by atoms with van der Waals surface area (Å²) in [5.74, 6) is 2.22. The van der Waals surface area contributed by atoms with Crippen LogP contribution in [0.3, 0.4) is 0 Å². The van der Waals surface area contributed by atoms with Gasteiger partial charge in [-0.25, -0.2) is 14.5 Å². The Morgan fingerprint density at radius 1 is 1.08 bits per heavy atom. The lowest BCUT2D eigenvalue weighted by Gasteiger charge is -2.08. The van der Waals surface area contributed by atoms with E-state index in [1.165, 1.54) is 5.56 Å². The number of ether oxygens (including phenoxy) is 1. The smallest absolute Gasteiger partial charge is 0.168 e. The molecular weight excluding hydrogens is 326 g/mol. The first-order chi connectivity index (χ1) is 12.5. The van der Waals surface area contributed by atoms with Gasteiger partial charge in [-0.1, -0.05) is 13.8 Å². The number of aryl methyl sites for hydroxylation is 1. The summed E-state index contributed by atoms with van der Waals surface area (Å²) < 4.78 is 9.24. The topological polar surface area (TPSA) is 57.2 Å². The molecular formula is C20H23N5O. The average molecular weight is 349 g/mol. The van der Waals surface area contributed by atoms with E-state index in [-0.39, 0.29) is 0 Å². The second-order valence-corrected chi connectivity index (χ2v) is 7.08. The van der Waals surface area contributed by atoms with E-state index in [1.54, 1.807) is 18.0 Å². The number of nitrogens with zero attached hydrogens (tertiary/aromatic N) is 5. The molecule has 0 aliphatic carbocycles. The molecule has 0 fully saturated rings. The van der Waals surface area contributed by atoms with Gasteiger partial charge in [0.05, 0.1) is 12.5 Å². The molecule has 0 aliphatic rings. The quantitative estimate of drug-likeness (QED) is 0.561. The van der Waals surface area contributed by atoms with Gasteiger partial charge in [-0.05, 0) is 49.6 Å². The zero-order valence-electron chi connectivity index (χ0n) is 15.8. The molecule has 3 aromatic heterocycles. The SMILES string of the molecule is COc1ccc(-n2c(C)c(C)c3c2ncn2nc(CC(C)C)nc32)cc1. The summed E-state index contributed by atoms with van der Waals surface area (Å²) in [5.41, 5.74) is 5.16. The number of rotatable bonds is 4. The number of benzene rings is 1. The molecule has 134 valence electrons. The van der Waals surface area contributed by atoms with Crippen molar-refractivity contribution in [3.63, 3.8) is 0 Å². The lowest BCUT2D eigenvalue weighted by atomic mass is 10.1. The van der Waals surface area contributed by atoms with Gasteiger partial charge in [0.2, 0.25) is 0 Å². The van der Waals surface area contributed by atoms with Crippen LogP contribution in [-0.4, -0.2) is 31.3 Å². The molecule has 4 aromatic rings. The molecule has 0 N–H and O–H groups in total. The van der Waals surface area contributed by atoms with Crippen LogP contribution in [0, 0.1) is 19.8 Å². The third kappa shape index (κ3) is 2.53. The fourth-order valence-corrected chi connectivity index (χ4v) is 3.40. The van der Waals surface area contributed by atoms with Gasteiger partial charge in [0, 0.05) is 17.8 Å². The fraction of sp³-hybridized carbons (Fsp3) is 0.350. The Morgan fingerprint density at radius 3 is 2.46 bits per heavy atom. The maximum atomic E-state index is 5.27. The van der Waals surface area contributed by atoms with E-state index >= 15 is 0 Å². The van der Waals surface area contributed by atoms with Crippen LogP contribution in [-0.2, 0) is 6.42 Å². The Kier molecular flexibility index (Phi) is 3.90. The van der Waals surface area contributed by atoms with Gasteiger partial charge in [0.15, 0.2) is 17.1 Å². The van der Waals surface area contributed by atoms with E-state index in [0.29, 0.717) is 5.92 Å². The number of hydrogen-bond acceptors (Lipinski definition) is 4. The second-order valence-electron chi connectivity index (χ2n) is 7.08. The molecule has 0 bridgehead atoms. The molecule has 3 heterocycles. The Bertz CT molecular complexity index is 1090. The van der Waals surface area contributed by atoms with Crippen LogP contribution in [0.4, 0.5) is 0 Å². The second kappa shape index (κ2) is 6.12. The third-order valence-electron chi connectivity index (χ3n) is 4.80. The molecule has 0 amide bonds. The van der Waals surface area contributed by atoms with Crippen LogP contribution in [0.5, 0.6) is 5.75 Å². The van der Waals surface area contributed by atoms with Gasteiger partial charge in [0.1, 0.15) is 12.1 Å². The number of aromatic nitrogens is 5. The number of fused-ring (bicyclic) bond motifs is 3. The molecule has 1 aromatic carbocycles. The molecule has 0 aliphatic heterocycles. The zero-order valence-corrected chi connectivity index (χ0v) is 15.8. The van der Waals surface area contributed by atoms with E-state index in [0.717, 1.165) is 46.1 Å². The van der Waals surface area contributed by atoms with Crippen LogP contribution in [0.25, 0.3) is 22.4 Å². The van der Waals surface area contributed by atoms with E-state index in [9.17, 15) is 0 Å². The maximum Gasteiger partial charge on any atom is 0.168 e. The summed E-state index contributed by atoms with van der Waals surface area (Å²) in [4.78, 5) is 9.49. The summed E-state index contributed by atoms with van der Waals surface area (Å²) in [6, 6.07) is 8.02. The van der Waals surface area contributed by atoms with Gasteiger partial charge in [-0.15, -0.1) is 5.10 Å². The molecule has 0 radical (unpaired) electrons. The van der Waals surface area contributed by atoms with Crippen LogP contribution in [0.15, 0.2) is 30.6 Å². The first-order valence-corrected chi connectivity index (χ1v) is 8.86. The van der Waals surface area contributed by atoms with Gasteiger partial charge in [0.25, 0.3) is 0 Å². The molecule has 6 nitrogen and oxygen atoms in total. The molecule has 26 heavy (non-hydrogen) atoms. The maximum absolute atomic E-state index is 5.27. The number of hydrogen-bond donors (Lipinski definition) is 0. The minimum Gasteiger partial charge on any atom is -0.497 e. The monoisotopic (exact) mass is 349 g/mol.